The monoisotopic (exact) mass is 378 g/mol. The van der Waals surface area contributed by atoms with Gasteiger partial charge in [0.25, 0.3) is 0 Å². The first-order chi connectivity index (χ1) is 14.3. The van der Waals surface area contributed by atoms with Gasteiger partial charge < -0.3 is 5.73 Å². The minimum atomic E-state index is 0.517. The lowest BCUT2D eigenvalue weighted by atomic mass is 9.96. The number of pyridine rings is 2. The zero-order valence-electron chi connectivity index (χ0n) is 15.6. The lowest BCUT2D eigenvalue weighted by molar-refractivity contribution is 1.07. The van der Waals surface area contributed by atoms with Crippen LogP contribution in [0.2, 0.25) is 0 Å². The molecule has 140 valence electrons. The highest BCUT2D eigenvalue weighted by Crippen LogP contribution is 2.35. The summed E-state index contributed by atoms with van der Waals surface area (Å²) >= 11 is 0. The number of fused-ring (bicyclic) bond motifs is 1. The third-order valence-electron chi connectivity index (χ3n) is 4.93. The zero-order chi connectivity index (χ0) is 19.6. The highest BCUT2D eigenvalue weighted by Gasteiger charge is 2.15. The van der Waals surface area contributed by atoms with E-state index in [-0.39, 0.29) is 0 Å². The Balaban J connectivity index is 1.79. The number of benzene rings is 2. The molecular formula is C23H18N6. The highest BCUT2D eigenvalue weighted by molar-refractivity contribution is 5.97. The van der Waals surface area contributed by atoms with Crippen LogP contribution < -0.4 is 5.73 Å². The molecule has 0 saturated carbocycles. The molecule has 3 heterocycles. The Bertz CT molecular complexity index is 1260. The summed E-state index contributed by atoms with van der Waals surface area (Å²) in [6.07, 6.45) is 3.23. The van der Waals surface area contributed by atoms with Crippen LogP contribution >= 0.6 is 0 Å². The molecule has 0 unspecified atom stereocenters. The topological polar surface area (TPSA) is 93.4 Å². The highest BCUT2D eigenvalue weighted by atomic mass is 15.2. The van der Waals surface area contributed by atoms with E-state index in [1.165, 1.54) is 6.33 Å². The normalized spacial score (nSPS) is 11.1. The summed E-state index contributed by atoms with van der Waals surface area (Å²) in [5.41, 5.74) is 12.5. The summed E-state index contributed by atoms with van der Waals surface area (Å²) in [5.74, 6) is 0.622. The quantitative estimate of drug-likeness (QED) is 0.489. The third kappa shape index (κ3) is 3.15. The van der Waals surface area contributed by atoms with Crippen molar-refractivity contribution in [2.24, 2.45) is 5.73 Å². The molecule has 0 spiro atoms. The van der Waals surface area contributed by atoms with Gasteiger partial charge in [0, 0.05) is 29.3 Å². The molecule has 6 heteroatoms. The molecule has 0 amide bonds. The summed E-state index contributed by atoms with van der Waals surface area (Å²) in [6.45, 7) is 0.517. The number of aromatic amines is 1. The predicted molar refractivity (Wildman–Crippen MR) is 114 cm³/mol. The molecule has 3 aromatic heterocycles. The Morgan fingerprint density at radius 1 is 0.828 bits per heavy atom. The number of hydrogen-bond donors (Lipinski definition) is 2. The van der Waals surface area contributed by atoms with Crippen LogP contribution in [-0.4, -0.2) is 25.1 Å². The number of H-pyrrole nitrogens is 1. The number of hydrogen-bond acceptors (Lipinski definition) is 5. The van der Waals surface area contributed by atoms with Gasteiger partial charge in [-0.1, -0.05) is 54.6 Å². The smallest absolute Gasteiger partial charge is 0.174 e. The second-order valence-electron chi connectivity index (χ2n) is 6.71. The fourth-order valence-electron chi connectivity index (χ4n) is 3.46. The minimum Gasteiger partial charge on any atom is -0.326 e. The summed E-state index contributed by atoms with van der Waals surface area (Å²) in [6, 6.07) is 22.5. The van der Waals surface area contributed by atoms with Gasteiger partial charge in [-0.05, 0) is 23.3 Å². The van der Waals surface area contributed by atoms with Crippen molar-refractivity contribution in [3.63, 3.8) is 0 Å². The van der Waals surface area contributed by atoms with E-state index >= 15 is 0 Å². The molecule has 0 fully saturated rings. The lowest BCUT2D eigenvalue weighted by Crippen LogP contribution is -1.97. The number of aromatic nitrogens is 5. The molecule has 5 rings (SSSR count). The Morgan fingerprint density at radius 2 is 1.66 bits per heavy atom. The van der Waals surface area contributed by atoms with E-state index in [4.69, 9.17) is 10.7 Å². The first-order valence-corrected chi connectivity index (χ1v) is 9.34. The van der Waals surface area contributed by atoms with Gasteiger partial charge in [0.2, 0.25) is 0 Å². The molecule has 0 bridgehead atoms. The Hall–Kier alpha value is -3.90. The average molecular weight is 378 g/mol. The summed E-state index contributed by atoms with van der Waals surface area (Å²) in [7, 11) is 0. The van der Waals surface area contributed by atoms with Gasteiger partial charge in [-0.2, -0.15) is 5.10 Å². The molecule has 6 nitrogen and oxygen atoms in total. The second-order valence-corrected chi connectivity index (χ2v) is 6.71. The fraction of sp³-hybridized carbons (Fsp3) is 0.0435. The molecule has 0 aliphatic rings. The van der Waals surface area contributed by atoms with E-state index in [2.05, 4.69) is 50.5 Å². The van der Waals surface area contributed by atoms with E-state index in [0.29, 0.717) is 12.4 Å². The summed E-state index contributed by atoms with van der Waals surface area (Å²) in [5, 5.41) is 7.78. The number of nitrogens with two attached hydrogens (primary N) is 1. The summed E-state index contributed by atoms with van der Waals surface area (Å²) in [4.78, 5) is 13.8. The maximum atomic E-state index is 5.76. The van der Waals surface area contributed by atoms with Gasteiger partial charge in [0.05, 0.1) is 11.2 Å². The van der Waals surface area contributed by atoms with Gasteiger partial charge in [-0.15, -0.1) is 0 Å². The van der Waals surface area contributed by atoms with Crippen LogP contribution in [0, 0.1) is 0 Å². The maximum Gasteiger partial charge on any atom is 0.174 e. The van der Waals surface area contributed by atoms with Crippen molar-refractivity contribution in [1.29, 1.82) is 0 Å². The van der Waals surface area contributed by atoms with Crippen LogP contribution in [0.15, 0.2) is 79.3 Å². The van der Waals surface area contributed by atoms with Gasteiger partial charge in [-0.3, -0.25) is 10.1 Å². The van der Waals surface area contributed by atoms with E-state index in [0.717, 1.165) is 44.5 Å². The number of nitrogens with one attached hydrogen (secondary N) is 1. The van der Waals surface area contributed by atoms with Crippen LogP contribution in [0.5, 0.6) is 0 Å². The van der Waals surface area contributed by atoms with Gasteiger partial charge in [-0.25, -0.2) is 9.97 Å². The number of nitrogens with zero attached hydrogens (tertiary/aromatic N) is 4. The van der Waals surface area contributed by atoms with Crippen LogP contribution in [0.1, 0.15) is 5.56 Å². The first kappa shape index (κ1) is 17.2. The van der Waals surface area contributed by atoms with Crippen LogP contribution in [0.3, 0.4) is 0 Å². The maximum absolute atomic E-state index is 5.76. The van der Waals surface area contributed by atoms with E-state index in [1.54, 1.807) is 6.20 Å². The standard InChI is InChI=1S/C23H18N6/c24-13-15-6-8-17(9-7-15)21-18(16-4-2-1-3-5-16)12-19-20(28-21)10-11-25-22(19)23-26-14-27-29-23/h1-12,14H,13,24H2,(H,26,27,29). The molecule has 3 N–H and O–H groups in total. The fourth-order valence-corrected chi connectivity index (χ4v) is 3.46. The SMILES string of the molecule is NCc1ccc(-c2nc3ccnc(-c4ncn[nH]4)c3cc2-c2ccccc2)cc1. The minimum absolute atomic E-state index is 0.517. The lowest BCUT2D eigenvalue weighted by Gasteiger charge is -2.13. The van der Waals surface area contributed by atoms with E-state index in [1.807, 2.05) is 36.4 Å². The van der Waals surface area contributed by atoms with E-state index in [9.17, 15) is 0 Å². The second kappa shape index (κ2) is 7.26. The first-order valence-electron chi connectivity index (χ1n) is 9.34. The predicted octanol–water partition coefficient (Wildman–Crippen LogP) is 4.21. The molecule has 5 aromatic rings. The molecule has 0 radical (unpaired) electrons. The van der Waals surface area contributed by atoms with Crippen molar-refractivity contribution in [3.05, 3.63) is 84.8 Å². The largest absolute Gasteiger partial charge is 0.326 e. The van der Waals surface area contributed by atoms with Crippen molar-refractivity contribution in [3.8, 4) is 33.9 Å². The van der Waals surface area contributed by atoms with Gasteiger partial charge in [0.1, 0.15) is 12.0 Å². The van der Waals surface area contributed by atoms with Crippen LogP contribution in [0.25, 0.3) is 44.8 Å². The third-order valence-corrected chi connectivity index (χ3v) is 4.93. The molecular weight excluding hydrogens is 360 g/mol. The van der Waals surface area contributed by atoms with Crippen molar-refractivity contribution in [2.75, 3.05) is 0 Å². The molecule has 0 aliphatic heterocycles. The van der Waals surface area contributed by atoms with Gasteiger partial charge in [0.15, 0.2) is 5.82 Å². The van der Waals surface area contributed by atoms with Crippen molar-refractivity contribution < 1.29 is 0 Å². The molecule has 0 saturated heterocycles. The Morgan fingerprint density at radius 3 is 2.38 bits per heavy atom. The van der Waals surface area contributed by atoms with E-state index < -0.39 is 0 Å². The summed E-state index contributed by atoms with van der Waals surface area (Å²) < 4.78 is 0. The van der Waals surface area contributed by atoms with Crippen molar-refractivity contribution in [1.82, 2.24) is 25.1 Å². The Labute approximate surface area is 167 Å². The van der Waals surface area contributed by atoms with Crippen molar-refractivity contribution in [2.45, 2.75) is 6.54 Å². The number of rotatable bonds is 4. The molecule has 0 aliphatic carbocycles. The zero-order valence-corrected chi connectivity index (χ0v) is 15.6. The van der Waals surface area contributed by atoms with Crippen LogP contribution in [-0.2, 0) is 6.54 Å². The van der Waals surface area contributed by atoms with Crippen LogP contribution in [0.4, 0.5) is 0 Å². The molecule has 0 atom stereocenters. The van der Waals surface area contributed by atoms with Crippen molar-refractivity contribution >= 4 is 10.9 Å². The Kier molecular flexibility index (Phi) is 4.31. The van der Waals surface area contributed by atoms with Gasteiger partial charge >= 0.3 is 0 Å². The molecule has 29 heavy (non-hydrogen) atoms. The molecule has 2 aromatic carbocycles. The average Bonchev–Trinajstić information content (AvgIpc) is 3.33.